The maximum atomic E-state index is 13.7. The van der Waals surface area contributed by atoms with E-state index in [1.54, 1.807) is 55.5 Å². The number of carbonyl (C=O) groups is 2. The number of anilines is 2. The van der Waals surface area contributed by atoms with Gasteiger partial charge in [0.2, 0.25) is 0 Å². The molecular weight excluding hydrogens is 690 g/mol. The number of nitrogens with one attached hydrogen (secondary N) is 1. The standard InChI is InChI=1S/C41H51N5O8/c1-5-44-27(12-9-26-10-13-28(50-2)14-11-26)24-43-31-21-36(34(51-3)19-29(31)38(44)47)53-17-7-6-8-18-54-37-22-32-30(20-35(37)52-4)39(48)45-25-41(15-16-41)23-33(45)40(49)46(32)42/h5,10-11,13-14,19-22,27,33,40,43,49H,1,6-9,12,15-18,23-25,42H2,2-4H3. The number of aliphatic hydroxyl groups is 1. The Morgan fingerprint density at radius 3 is 2.19 bits per heavy atom. The summed E-state index contributed by atoms with van der Waals surface area (Å²) in [5, 5.41) is 15.9. The molecule has 13 nitrogen and oxygen atoms in total. The van der Waals surface area contributed by atoms with Crippen LogP contribution in [0.3, 0.4) is 0 Å². The van der Waals surface area contributed by atoms with Gasteiger partial charge in [-0.3, -0.25) is 14.6 Å². The molecule has 3 aliphatic heterocycles. The number of methoxy groups -OCH3 is 3. The van der Waals surface area contributed by atoms with Gasteiger partial charge in [-0.2, -0.15) is 0 Å². The molecule has 2 fully saturated rings. The molecule has 54 heavy (non-hydrogen) atoms. The van der Waals surface area contributed by atoms with Crippen LogP contribution in [-0.2, 0) is 6.42 Å². The Hall–Kier alpha value is -5.14. The third-order valence-electron chi connectivity index (χ3n) is 11.3. The minimum Gasteiger partial charge on any atom is -0.497 e. The van der Waals surface area contributed by atoms with E-state index in [0.29, 0.717) is 71.8 Å². The molecule has 1 saturated carbocycles. The largest absolute Gasteiger partial charge is 0.497 e. The fourth-order valence-corrected chi connectivity index (χ4v) is 7.94. The highest BCUT2D eigenvalue weighted by Gasteiger charge is 2.57. The van der Waals surface area contributed by atoms with Crippen LogP contribution in [0, 0.1) is 5.41 Å². The molecule has 2 amide bonds. The predicted octanol–water partition coefficient (Wildman–Crippen LogP) is 5.36. The Bertz CT molecular complexity index is 1860. The summed E-state index contributed by atoms with van der Waals surface area (Å²) in [6.45, 7) is 5.98. The number of hydrogen-bond acceptors (Lipinski definition) is 11. The van der Waals surface area contributed by atoms with Crippen LogP contribution >= 0.6 is 0 Å². The molecule has 3 heterocycles. The maximum absolute atomic E-state index is 13.7. The Balaban J connectivity index is 0.921. The van der Waals surface area contributed by atoms with E-state index in [9.17, 15) is 14.7 Å². The van der Waals surface area contributed by atoms with Gasteiger partial charge in [0.25, 0.3) is 11.8 Å². The monoisotopic (exact) mass is 741 g/mol. The molecule has 3 atom stereocenters. The van der Waals surface area contributed by atoms with Gasteiger partial charge in [-0.05, 0) is 86.6 Å². The molecule has 4 N–H and O–H groups in total. The number of unbranched alkanes of at least 4 members (excludes halogenated alkanes) is 2. The van der Waals surface area contributed by atoms with Crippen LogP contribution in [0.1, 0.15) is 71.2 Å². The fourth-order valence-electron chi connectivity index (χ4n) is 7.94. The van der Waals surface area contributed by atoms with E-state index in [2.05, 4.69) is 11.9 Å². The van der Waals surface area contributed by atoms with Crippen molar-refractivity contribution in [1.82, 2.24) is 9.80 Å². The SMILES string of the molecule is C=CN1C(=O)c2cc(OC)c(OCCCCCOc3cc4c(cc3OC)C(=O)N3CC5(CC5)CC3C(O)N4N)cc2NCC1CCc1ccc(OC)cc1. The second-order valence-corrected chi connectivity index (χ2v) is 14.7. The first-order valence-corrected chi connectivity index (χ1v) is 18.7. The van der Waals surface area contributed by atoms with Gasteiger partial charge in [-0.25, -0.2) is 5.84 Å². The number of fused-ring (bicyclic) bond motifs is 3. The molecule has 0 bridgehead atoms. The number of aryl methyl sites for hydroxylation is 1. The summed E-state index contributed by atoms with van der Waals surface area (Å²) in [4.78, 5) is 30.8. The number of aliphatic hydroxyl groups excluding tert-OH is 1. The van der Waals surface area contributed by atoms with E-state index in [-0.39, 0.29) is 29.3 Å². The molecule has 1 aliphatic carbocycles. The Morgan fingerprint density at radius 2 is 1.56 bits per heavy atom. The number of benzene rings is 3. The summed E-state index contributed by atoms with van der Waals surface area (Å²) in [5.41, 5.74) is 3.30. The normalized spacial score (nSPS) is 21.0. The minimum atomic E-state index is -1.01. The van der Waals surface area contributed by atoms with Crippen LogP contribution in [-0.4, -0.2) is 92.7 Å². The van der Waals surface area contributed by atoms with Crippen molar-refractivity contribution in [2.45, 2.75) is 69.7 Å². The number of carbonyl (C=O) groups excluding carboxylic acids is 2. The summed E-state index contributed by atoms with van der Waals surface area (Å²) in [6.07, 6.45) is 7.35. The highest BCUT2D eigenvalue weighted by Crippen LogP contribution is 2.56. The van der Waals surface area contributed by atoms with Gasteiger partial charge in [-0.1, -0.05) is 18.7 Å². The summed E-state index contributed by atoms with van der Waals surface area (Å²) in [6, 6.07) is 14.5. The van der Waals surface area contributed by atoms with E-state index in [4.69, 9.17) is 29.5 Å². The number of hydrazine groups is 1. The molecule has 7 rings (SSSR count). The molecule has 0 radical (unpaired) electrons. The quantitative estimate of drug-likeness (QED) is 0.137. The average molecular weight is 742 g/mol. The second-order valence-electron chi connectivity index (χ2n) is 14.7. The second kappa shape index (κ2) is 15.7. The smallest absolute Gasteiger partial charge is 0.260 e. The molecule has 13 heteroatoms. The van der Waals surface area contributed by atoms with Crippen LogP contribution < -0.4 is 39.9 Å². The molecule has 288 valence electrons. The Kier molecular flexibility index (Phi) is 10.8. The zero-order valence-corrected chi connectivity index (χ0v) is 31.3. The first kappa shape index (κ1) is 37.2. The summed E-state index contributed by atoms with van der Waals surface area (Å²) in [5.74, 6) is 8.87. The Morgan fingerprint density at radius 1 is 0.889 bits per heavy atom. The van der Waals surface area contributed by atoms with E-state index in [0.717, 1.165) is 57.1 Å². The highest BCUT2D eigenvalue weighted by atomic mass is 16.5. The predicted molar refractivity (Wildman–Crippen MR) is 205 cm³/mol. The molecule has 3 aromatic carbocycles. The lowest BCUT2D eigenvalue weighted by molar-refractivity contribution is 0.0513. The van der Waals surface area contributed by atoms with Gasteiger partial charge in [0.15, 0.2) is 29.2 Å². The van der Waals surface area contributed by atoms with Gasteiger partial charge in [-0.15, -0.1) is 0 Å². The fraction of sp³-hybridized carbons (Fsp3) is 0.463. The highest BCUT2D eigenvalue weighted by molar-refractivity contribution is 6.02. The first-order chi connectivity index (χ1) is 26.2. The topological polar surface area (TPSA) is 148 Å². The lowest BCUT2D eigenvalue weighted by Gasteiger charge is -2.30. The zero-order valence-electron chi connectivity index (χ0n) is 31.3. The number of amides is 2. The first-order valence-electron chi connectivity index (χ1n) is 18.7. The molecule has 1 saturated heterocycles. The van der Waals surface area contributed by atoms with Crippen molar-refractivity contribution in [2.75, 3.05) is 58.0 Å². The van der Waals surface area contributed by atoms with E-state index < -0.39 is 6.23 Å². The molecule has 0 aromatic heterocycles. The molecule has 1 spiro atoms. The summed E-state index contributed by atoms with van der Waals surface area (Å²) >= 11 is 0. The van der Waals surface area contributed by atoms with Crippen molar-refractivity contribution in [3.63, 3.8) is 0 Å². The summed E-state index contributed by atoms with van der Waals surface area (Å²) < 4.78 is 28.8. The molecule has 4 aliphatic rings. The molecule has 3 unspecified atom stereocenters. The van der Waals surface area contributed by atoms with E-state index in [1.165, 1.54) is 10.6 Å². The number of ether oxygens (including phenoxy) is 5. The third kappa shape index (κ3) is 7.34. The lowest BCUT2D eigenvalue weighted by Crippen LogP contribution is -2.51. The van der Waals surface area contributed by atoms with E-state index >= 15 is 0 Å². The van der Waals surface area contributed by atoms with Gasteiger partial charge in [0.1, 0.15) is 5.75 Å². The van der Waals surface area contributed by atoms with Crippen molar-refractivity contribution >= 4 is 23.2 Å². The van der Waals surface area contributed by atoms with Crippen molar-refractivity contribution in [1.29, 1.82) is 0 Å². The number of rotatable bonds is 15. The third-order valence-corrected chi connectivity index (χ3v) is 11.3. The summed E-state index contributed by atoms with van der Waals surface area (Å²) in [7, 11) is 4.75. The maximum Gasteiger partial charge on any atom is 0.260 e. The van der Waals surface area contributed by atoms with Crippen molar-refractivity contribution < 1.29 is 38.4 Å². The van der Waals surface area contributed by atoms with Crippen LogP contribution in [0.5, 0.6) is 28.7 Å². The van der Waals surface area contributed by atoms with Gasteiger partial charge in [0, 0.05) is 31.4 Å². The zero-order chi connectivity index (χ0) is 38.0. The van der Waals surface area contributed by atoms with Crippen LogP contribution in [0.15, 0.2) is 61.3 Å². The Labute approximate surface area is 316 Å². The van der Waals surface area contributed by atoms with Gasteiger partial charge in [0.05, 0.1) is 69.1 Å². The van der Waals surface area contributed by atoms with Gasteiger partial charge < -0.3 is 43.9 Å². The van der Waals surface area contributed by atoms with Gasteiger partial charge >= 0.3 is 0 Å². The van der Waals surface area contributed by atoms with E-state index in [1.807, 2.05) is 30.3 Å². The number of hydrogen-bond donors (Lipinski definition) is 3. The number of nitrogens with two attached hydrogens (primary N) is 1. The van der Waals surface area contributed by atoms with Crippen LogP contribution in [0.2, 0.25) is 0 Å². The minimum absolute atomic E-state index is 0.0937. The van der Waals surface area contributed by atoms with Crippen molar-refractivity contribution in [2.24, 2.45) is 11.3 Å². The van der Waals surface area contributed by atoms with Crippen LogP contribution in [0.4, 0.5) is 11.4 Å². The van der Waals surface area contributed by atoms with Crippen LogP contribution in [0.25, 0.3) is 0 Å². The van der Waals surface area contributed by atoms with Crippen molar-refractivity contribution in [3.8, 4) is 28.7 Å². The van der Waals surface area contributed by atoms with Crippen molar-refractivity contribution in [3.05, 3.63) is 78.0 Å². The average Bonchev–Trinajstić information content (AvgIpc) is 3.89. The molecule has 3 aromatic rings. The molecular formula is C41H51N5O8. The lowest BCUT2D eigenvalue weighted by atomic mass is 10.0. The number of nitrogens with zero attached hydrogens (tertiary/aromatic N) is 3.